The van der Waals surface area contributed by atoms with Crippen molar-refractivity contribution in [1.29, 1.82) is 0 Å². The van der Waals surface area contributed by atoms with Crippen LogP contribution in [0.4, 0.5) is 10.8 Å². The van der Waals surface area contributed by atoms with Gasteiger partial charge in [-0.3, -0.25) is 9.59 Å². The normalized spacial score (nSPS) is 11.6. The molecule has 0 aliphatic heterocycles. The average Bonchev–Trinajstić information content (AvgIpc) is 3.28. The Morgan fingerprint density at radius 3 is 2.47 bits per heavy atom. The number of aryl methyl sites for hydroxylation is 2. The highest BCUT2D eigenvalue weighted by Gasteiger charge is 2.17. The molecule has 2 N–H and O–H groups in total. The fraction of sp³-hybridized carbons (Fsp3) is 0.148. The van der Waals surface area contributed by atoms with Gasteiger partial charge in [0.1, 0.15) is 0 Å². The maximum absolute atomic E-state index is 12.8. The van der Waals surface area contributed by atoms with Crippen molar-refractivity contribution >= 4 is 45.7 Å². The van der Waals surface area contributed by atoms with Crippen molar-refractivity contribution in [2.75, 3.05) is 10.6 Å². The summed E-state index contributed by atoms with van der Waals surface area (Å²) in [5.41, 5.74) is 5.31. The standard InChI is InChI=1S/C27H25N3O2S2/c1-17-11-13-20(14-12-17)24-16-33-27(29-24)30-25(31)19(3)34-22-9-6-8-21(15-22)28-26(32)23-10-5-4-7-18(23)2/h4-16,19H,1-3H3,(H,28,32)(H,29,30,31). The Labute approximate surface area is 207 Å². The first-order valence-corrected chi connectivity index (χ1v) is 12.6. The van der Waals surface area contributed by atoms with Crippen LogP contribution in [-0.2, 0) is 4.79 Å². The van der Waals surface area contributed by atoms with E-state index in [4.69, 9.17) is 0 Å². The lowest BCUT2D eigenvalue weighted by Crippen LogP contribution is -2.22. The number of carbonyl (C=O) groups is 2. The van der Waals surface area contributed by atoms with Gasteiger partial charge < -0.3 is 10.6 Å². The van der Waals surface area contributed by atoms with Crippen LogP contribution in [0, 0.1) is 13.8 Å². The molecular weight excluding hydrogens is 462 g/mol. The van der Waals surface area contributed by atoms with Crippen molar-refractivity contribution < 1.29 is 9.59 Å². The summed E-state index contributed by atoms with van der Waals surface area (Å²) >= 11 is 2.84. The minimum absolute atomic E-state index is 0.121. The van der Waals surface area contributed by atoms with Gasteiger partial charge in [0.05, 0.1) is 10.9 Å². The van der Waals surface area contributed by atoms with Crippen molar-refractivity contribution in [3.8, 4) is 11.3 Å². The zero-order valence-corrected chi connectivity index (χ0v) is 20.8. The molecule has 1 aromatic heterocycles. The number of nitrogens with zero attached hydrogens (tertiary/aromatic N) is 1. The van der Waals surface area contributed by atoms with Crippen LogP contribution in [-0.4, -0.2) is 22.0 Å². The molecule has 4 rings (SSSR count). The predicted molar refractivity (Wildman–Crippen MR) is 142 cm³/mol. The highest BCUT2D eigenvalue weighted by atomic mass is 32.2. The number of rotatable bonds is 7. The molecule has 0 saturated carbocycles. The van der Waals surface area contributed by atoms with Crippen LogP contribution in [0.5, 0.6) is 0 Å². The monoisotopic (exact) mass is 487 g/mol. The zero-order valence-electron chi connectivity index (χ0n) is 19.2. The topological polar surface area (TPSA) is 71.1 Å². The SMILES string of the molecule is Cc1ccc(-c2csc(NC(=O)C(C)Sc3cccc(NC(=O)c4ccccc4C)c3)n2)cc1. The summed E-state index contributed by atoms with van der Waals surface area (Å²) < 4.78 is 0. The second-order valence-corrected chi connectivity index (χ2v) is 10.2. The van der Waals surface area contributed by atoms with Crippen LogP contribution in [0.3, 0.4) is 0 Å². The molecule has 0 aliphatic rings. The van der Waals surface area contributed by atoms with Gasteiger partial charge in [-0.25, -0.2) is 4.98 Å². The van der Waals surface area contributed by atoms with Gasteiger partial charge in [0.25, 0.3) is 5.91 Å². The largest absolute Gasteiger partial charge is 0.322 e. The van der Waals surface area contributed by atoms with E-state index in [1.165, 1.54) is 28.7 Å². The summed E-state index contributed by atoms with van der Waals surface area (Å²) in [7, 11) is 0. The molecule has 0 fully saturated rings. The first-order valence-electron chi connectivity index (χ1n) is 10.9. The third-order valence-corrected chi connectivity index (χ3v) is 7.10. The van der Waals surface area contributed by atoms with Crippen molar-refractivity contribution in [1.82, 2.24) is 4.98 Å². The number of anilines is 2. The van der Waals surface area contributed by atoms with E-state index in [9.17, 15) is 9.59 Å². The van der Waals surface area contributed by atoms with Crippen molar-refractivity contribution in [2.45, 2.75) is 30.9 Å². The number of thiazole rings is 1. The number of carbonyl (C=O) groups excluding carboxylic acids is 2. The highest BCUT2D eigenvalue weighted by Crippen LogP contribution is 2.29. The average molecular weight is 488 g/mol. The van der Waals surface area contributed by atoms with Gasteiger partial charge in [-0.05, 0) is 50.6 Å². The van der Waals surface area contributed by atoms with Crippen molar-refractivity contribution in [3.05, 3.63) is 94.9 Å². The lowest BCUT2D eigenvalue weighted by atomic mass is 10.1. The van der Waals surface area contributed by atoms with E-state index in [-0.39, 0.29) is 17.1 Å². The quantitative estimate of drug-likeness (QED) is 0.281. The Morgan fingerprint density at radius 2 is 1.71 bits per heavy atom. The molecule has 34 heavy (non-hydrogen) atoms. The fourth-order valence-electron chi connectivity index (χ4n) is 3.33. The van der Waals surface area contributed by atoms with Crippen LogP contribution in [0.1, 0.15) is 28.4 Å². The van der Waals surface area contributed by atoms with Crippen LogP contribution in [0.15, 0.2) is 83.1 Å². The predicted octanol–water partition coefficient (Wildman–Crippen LogP) is 6.80. The Balaban J connectivity index is 1.37. The fourth-order valence-corrected chi connectivity index (χ4v) is 4.97. The minimum atomic E-state index is -0.339. The van der Waals surface area contributed by atoms with Gasteiger partial charge in [-0.1, -0.05) is 54.1 Å². The van der Waals surface area contributed by atoms with Crippen molar-refractivity contribution in [2.24, 2.45) is 0 Å². The summed E-state index contributed by atoms with van der Waals surface area (Å²) in [4.78, 5) is 30.8. The van der Waals surface area contributed by atoms with E-state index in [0.717, 1.165) is 21.7 Å². The second kappa shape index (κ2) is 10.7. The summed E-state index contributed by atoms with van der Waals surface area (Å²) in [6.45, 7) is 5.81. The lowest BCUT2D eigenvalue weighted by Gasteiger charge is -2.12. The van der Waals surface area contributed by atoms with Gasteiger partial charge in [0.15, 0.2) is 5.13 Å². The maximum atomic E-state index is 12.8. The van der Waals surface area contributed by atoms with Gasteiger partial charge in [-0.2, -0.15) is 0 Å². The zero-order chi connectivity index (χ0) is 24.1. The number of amides is 2. The molecule has 0 saturated heterocycles. The van der Waals surface area contributed by atoms with Gasteiger partial charge >= 0.3 is 0 Å². The molecule has 3 aromatic carbocycles. The molecule has 0 spiro atoms. The Bertz CT molecular complexity index is 1320. The number of hydrogen-bond donors (Lipinski definition) is 2. The van der Waals surface area contributed by atoms with E-state index in [0.29, 0.717) is 16.4 Å². The molecular formula is C27H25N3O2S2. The maximum Gasteiger partial charge on any atom is 0.255 e. The minimum Gasteiger partial charge on any atom is -0.322 e. The van der Waals surface area contributed by atoms with Crippen LogP contribution < -0.4 is 10.6 Å². The van der Waals surface area contributed by atoms with E-state index in [1.54, 1.807) is 6.07 Å². The second-order valence-electron chi connectivity index (χ2n) is 7.95. The molecule has 4 aromatic rings. The molecule has 5 nitrogen and oxygen atoms in total. The number of nitrogens with one attached hydrogen (secondary N) is 2. The smallest absolute Gasteiger partial charge is 0.255 e. The molecule has 1 atom stereocenters. The molecule has 2 amide bonds. The molecule has 1 heterocycles. The van der Waals surface area contributed by atoms with Crippen LogP contribution >= 0.6 is 23.1 Å². The number of aromatic nitrogens is 1. The molecule has 0 aliphatic carbocycles. The third kappa shape index (κ3) is 5.92. The van der Waals surface area contributed by atoms with E-state index >= 15 is 0 Å². The summed E-state index contributed by atoms with van der Waals surface area (Å²) in [5, 5.41) is 8.04. The summed E-state index contributed by atoms with van der Waals surface area (Å²) in [6.07, 6.45) is 0. The third-order valence-electron chi connectivity index (χ3n) is 5.25. The first kappa shape index (κ1) is 23.7. The number of thioether (sulfide) groups is 1. The lowest BCUT2D eigenvalue weighted by molar-refractivity contribution is -0.115. The number of benzene rings is 3. The molecule has 1 unspecified atom stereocenters. The van der Waals surface area contributed by atoms with Gasteiger partial charge in [0, 0.05) is 27.1 Å². The Hall–Kier alpha value is -3.42. The molecule has 0 bridgehead atoms. The molecule has 172 valence electrons. The summed E-state index contributed by atoms with van der Waals surface area (Å²) in [6, 6.07) is 23.1. The van der Waals surface area contributed by atoms with E-state index in [2.05, 4.69) is 15.6 Å². The van der Waals surface area contributed by atoms with E-state index < -0.39 is 0 Å². The van der Waals surface area contributed by atoms with Crippen LogP contribution in [0.2, 0.25) is 0 Å². The molecule has 7 heteroatoms. The Morgan fingerprint density at radius 1 is 0.941 bits per heavy atom. The van der Waals surface area contributed by atoms with Crippen molar-refractivity contribution in [3.63, 3.8) is 0 Å². The van der Waals surface area contributed by atoms with Gasteiger partial charge in [0.2, 0.25) is 5.91 Å². The highest BCUT2D eigenvalue weighted by molar-refractivity contribution is 8.00. The molecule has 0 radical (unpaired) electrons. The first-order chi connectivity index (χ1) is 16.4. The number of hydrogen-bond acceptors (Lipinski definition) is 5. The Kier molecular flexibility index (Phi) is 7.45. The van der Waals surface area contributed by atoms with Crippen LogP contribution in [0.25, 0.3) is 11.3 Å². The summed E-state index contributed by atoms with van der Waals surface area (Å²) in [5.74, 6) is -0.275. The van der Waals surface area contributed by atoms with Gasteiger partial charge in [-0.15, -0.1) is 23.1 Å². The van der Waals surface area contributed by atoms with E-state index in [1.807, 2.05) is 92.9 Å².